The van der Waals surface area contributed by atoms with Crippen molar-refractivity contribution in [2.75, 3.05) is 0 Å². The minimum atomic E-state index is -3.50. The smallest absolute Gasteiger partial charge is 0.205 e. The molecule has 5 heteroatoms. The van der Waals surface area contributed by atoms with Crippen LogP contribution >= 0.6 is 0 Å². The summed E-state index contributed by atoms with van der Waals surface area (Å²) in [6.07, 6.45) is 2.18. The van der Waals surface area contributed by atoms with Crippen molar-refractivity contribution in [1.29, 1.82) is 0 Å². The van der Waals surface area contributed by atoms with E-state index in [0.29, 0.717) is 16.2 Å². The quantitative estimate of drug-likeness (QED) is 0.832. The van der Waals surface area contributed by atoms with Crippen LogP contribution in [-0.2, 0) is 19.4 Å². The van der Waals surface area contributed by atoms with Crippen LogP contribution in [0.5, 0.6) is 0 Å². The van der Waals surface area contributed by atoms with E-state index in [9.17, 15) is 13.2 Å². The van der Waals surface area contributed by atoms with Gasteiger partial charge in [0.15, 0.2) is 0 Å². The molecular weight excluding hydrogens is 276 g/mol. The van der Waals surface area contributed by atoms with Crippen molar-refractivity contribution in [2.45, 2.75) is 29.9 Å². The Morgan fingerprint density at radius 3 is 2.65 bits per heavy atom. The lowest BCUT2D eigenvalue weighted by atomic mass is 9.85. The molecule has 0 radical (unpaired) electrons. The number of fused-ring (bicyclic) bond motifs is 5. The summed E-state index contributed by atoms with van der Waals surface area (Å²) in [6, 6.07) is 8.40. The van der Waals surface area contributed by atoms with Gasteiger partial charge in [-0.2, -0.15) is 0 Å². The van der Waals surface area contributed by atoms with Crippen molar-refractivity contribution >= 4 is 15.6 Å². The number of carbonyl (C=O) groups is 1. The molecule has 2 aliphatic heterocycles. The van der Waals surface area contributed by atoms with Gasteiger partial charge in [0.2, 0.25) is 9.84 Å². The number of rotatable bonds is 2. The average molecular weight is 290 g/mol. The molecule has 1 aliphatic carbocycles. The Morgan fingerprint density at radius 2 is 1.90 bits per heavy atom. The number of hydrogen-bond acceptors (Lipinski definition) is 4. The summed E-state index contributed by atoms with van der Waals surface area (Å²) in [5, 5.41) is 0. The Balaban J connectivity index is 1.76. The molecule has 4 atom stereocenters. The average Bonchev–Trinajstić information content (AvgIpc) is 3.12. The monoisotopic (exact) mass is 290 g/mol. The first-order chi connectivity index (χ1) is 9.59. The molecule has 2 heterocycles. The van der Waals surface area contributed by atoms with Gasteiger partial charge in [-0.1, -0.05) is 18.2 Å². The lowest BCUT2D eigenvalue weighted by molar-refractivity contribution is -0.122. The number of benzene rings is 1. The van der Waals surface area contributed by atoms with E-state index in [0.717, 1.165) is 6.42 Å². The van der Waals surface area contributed by atoms with Crippen molar-refractivity contribution in [1.82, 2.24) is 0 Å². The maximum Gasteiger partial charge on any atom is 0.205 e. The second kappa shape index (κ2) is 4.02. The van der Waals surface area contributed by atoms with Crippen molar-refractivity contribution < 1.29 is 17.9 Å². The first-order valence-corrected chi connectivity index (χ1v) is 8.27. The molecule has 0 unspecified atom stereocenters. The molecule has 3 aliphatic rings. The fourth-order valence-corrected chi connectivity index (χ4v) is 5.31. The van der Waals surface area contributed by atoms with Crippen molar-refractivity contribution in [3.05, 3.63) is 41.3 Å². The predicted molar refractivity (Wildman–Crippen MR) is 71.6 cm³/mol. The Morgan fingerprint density at radius 1 is 1.15 bits per heavy atom. The number of Topliss-reactive ketones (excluding diaryl/α,β-unsaturated/α-hetero) is 1. The van der Waals surface area contributed by atoms with Crippen LogP contribution in [0.25, 0.3) is 0 Å². The van der Waals surface area contributed by atoms with E-state index in [1.165, 1.54) is 0 Å². The molecule has 1 saturated heterocycles. The molecule has 1 aromatic rings. The normalized spacial score (nSPS) is 35.2. The van der Waals surface area contributed by atoms with E-state index in [4.69, 9.17) is 4.74 Å². The largest absolute Gasteiger partial charge is 0.364 e. The van der Waals surface area contributed by atoms with Gasteiger partial charge in [0.1, 0.15) is 5.78 Å². The minimum Gasteiger partial charge on any atom is -0.364 e. The highest BCUT2D eigenvalue weighted by Gasteiger charge is 2.57. The highest BCUT2D eigenvalue weighted by atomic mass is 32.2. The Hall–Kier alpha value is -1.46. The lowest BCUT2D eigenvalue weighted by Gasteiger charge is -2.20. The fraction of sp³-hybridized carbons (Fsp3) is 0.400. The molecule has 0 spiro atoms. The van der Waals surface area contributed by atoms with Gasteiger partial charge in [-0.05, 0) is 24.6 Å². The molecule has 104 valence electrons. The van der Waals surface area contributed by atoms with Gasteiger partial charge in [0.25, 0.3) is 0 Å². The summed E-state index contributed by atoms with van der Waals surface area (Å²) in [5.74, 6) is 0.149. The third-order valence-corrected chi connectivity index (χ3v) is 6.46. The van der Waals surface area contributed by atoms with E-state index in [-0.39, 0.29) is 23.7 Å². The molecule has 4 rings (SSSR count). The van der Waals surface area contributed by atoms with E-state index in [1.54, 1.807) is 36.4 Å². The van der Waals surface area contributed by atoms with Gasteiger partial charge in [-0.25, -0.2) is 8.42 Å². The first kappa shape index (κ1) is 12.3. The molecule has 2 fully saturated rings. The van der Waals surface area contributed by atoms with Crippen LogP contribution in [0.2, 0.25) is 0 Å². The summed E-state index contributed by atoms with van der Waals surface area (Å²) in [6.45, 7) is 0. The van der Waals surface area contributed by atoms with Gasteiger partial charge in [0, 0.05) is 12.3 Å². The highest BCUT2D eigenvalue weighted by Crippen LogP contribution is 2.51. The number of ether oxygens (including phenoxy) is 1. The zero-order valence-electron chi connectivity index (χ0n) is 10.7. The number of ketones is 1. The topological polar surface area (TPSA) is 60.4 Å². The van der Waals surface area contributed by atoms with Gasteiger partial charge in [-0.15, -0.1) is 0 Å². The minimum absolute atomic E-state index is 0.0472. The van der Waals surface area contributed by atoms with Crippen LogP contribution < -0.4 is 0 Å². The van der Waals surface area contributed by atoms with E-state index < -0.39 is 15.9 Å². The first-order valence-electron chi connectivity index (χ1n) is 6.79. The van der Waals surface area contributed by atoms with E-state index in [1.807, 2.05) is 0 Å². The van der Waals surface area contributed by atoms with E-state index in [2.05, 4.69) is 0 Å². The predicted octanol–water partition coefficient (Wildman–Crippen LogP) is 1.72. The van der Waals surface area contributed by atoms with Crippen molar-refractivity contribution in [2.24, 2.45) is 11.8 Å². The molecule has 1 saturated carbocycles. The maximum atomic E-state index is 12.7. The van der Waals surface area contributed by atoms with E-state index >= 15 is 0 Å². The second-order valence-corrected chi connectivity index (χ2v) is 7.55. The van der Waals surface area contributed by atoms with Crippen LogP contribution in [0.15, 0.2) is 46.2 Å². The Kier molecular flexibility index (Phi) is 2.47. The second-order valence-electron chi connectivity index (χ2n) is 5.60. The molecule has 0 aromatic heterocycles. The van der Waals surface area contributed by atoms with Gasteiger partial charge < -0.3 is 4.74 Å². The molecular formula is C15H14O4S. The van der Waals surface area contributed by atoms with Crippen LogP contribution in [0.3, 0.4) is 0 Å². The molecule has 4 nitrogen and oxygen atoms in total. The zero-order chi connectivity index (χ0) is 13.9. The van der Waals surface area contributed by atoms with Crippen LogP contribution in [0, 0.1) is 11.8 Å². The molecule has 2 bridgehead atoms. The highest BCUT2D eigenvalue weighted by molar-refractivity contribution is 7.95. The van der Waals surface area contributed by atoms with Gasteiger partial charge >= 0.3 is 0 Å². The van der Waals surface area contributed by atoms with Gasteiger partial charge in [0.05, 0.1) is 27.9 Å². The summed E-state index contributed by atoms with van der Waals surface area (Å²) in [5.41, 5.74) is 0. The zero-order valence-corrected chi connectivity index (χ0v) is 11.5. The Bertz CT molecular complexity index is 705. The third-order valence-electron chi connectivity index (χ3n) is 4.58. The molecule has 0 N–H and O–H groups in total. The standard InChI is InChI=1S/C15H14O4S/c16-11-7-6-10-14(11)12-8-13(15(10)19-12)20(17,18)9-4-2-1-3-5-9/h1-5,8,10,12,14-15H,6-7H2/t10-,12-,14-,15-/m1/s1. The summed E-state index contributed by atoms with van der Waals surface area (Å²) in [7, 11) is -3.50. The summed E-state index contributed by atoms with van der Waals surface area (Å²) < 4.78 is 31.1. The fourth-order valence-electron chi connectivity index (χ4n) is 3.67. The molecule has 20 heavy (non-hydrogen) atoms. The number of carbonyl (C=O) groups excluding carboxylic acids is 1. The number of sulfone groups is 1. The summed E-state index contributed by atoms with van der Waals surface area (Å²) >= 11 is 0. The van der Waals surface area contributed by atoms with Gasteiger partial charge in [-0.3, -0.25) is 4.79 Å². The van der Waals surface area contributed by atoms with Crippen molar-refractivity contribution in [3.8, 4) is 0 Å². The number of hydrogen-bond donors (Lipinski definition) is 0. The summed E-state index contributed by atoms with van der Waals surface area (Å²) in [4.78, 5) is 12.5. The van der Waals surface area contributed by atoms with Crippen LogP contribution in [0.4, 0.5) is 0 Å². The molecule has 0 amide bonds. The van der Waals surface area contributed by atoms with Crippen LogP contribution in [-0.4, -0.2) is 26.4 Å². The van der Waals surface area contributed by atoms with Crippen molar-refractivity contribution in [3.63, 3.8) is 0 Å². The SMILES string of the molecule is O=C1CC[C@@H]2[C@H]1[C@H]1C=C(S(=O)(=O)c3ccccc3)[C@@H]2O1. The third kappa shape index (κ3) is 1.50. The maximum absolute atomic E-state index is 12.7. The Labute approximate surface area is 117 Å². The molecule has 1 aromatic carbocycles. The lowest BCUT2D eigenvalue weighted by Crippen LogP contribution is -2.28. The van der Waals surface area contributed by atoms with Crippen LogP contribution in [0.1, 0.15) is 12.8 Å².